The van der Waals surface area contributed by atoms with Crippen LogP contribution >= 0.6 is 35.3 Å². The summed E-state index contributed by atoms with van der Waals surface area (Å²) in [6.45, 7) is 9.27. The van der Waals surface area contributed by atoms with Crippen LogP contribution in [0.2, 0.25) is 0 Å². The minimum absolute atomic E-state index is 0. The molecule has 0 unspecified atom stereocenters. The SMILES string of the molecule is CCNC(=NCc1nnc2n1CCCCC2)NCc1nc(C)c(C)s1.I. The molecule has 0 spiro atoms. The molecule has 0 fully saturated rings. The molecule has 0 saturated carbocycles. The van der Waals surface area contributed by atoms with Crippen LogP contribution in [0.1, 0.15) is 53.4 Å². The molecule has 0 amide bonds. The van der Waals surface area contributed by atoms with Gasteiger partial charge in [-0.05, 0) is 33.6 Å². The molecule has 26 heavy (non-hydrogen) atoms. The number of thiazole rings is 1. The van der Waals surface area contributed by atoms with Crippen molar-refractivity contribution in [3.63, 3.8) is 0 Å². The predicted octanol–water partition coefficient (Wildman–Crippen LogP) is 2.95. The topological polar surface area (TPSA) is 80.0 Å². The number of aryl methyl sites for hydroxylation is 3. The van der Waals surface area contributed by atoms with Crippen molar-refractivity contribution in [1.82, 2.24) is 30.4 Å². The first-order valence-electron chi connectivity index (χ1n) is 9.03. The van der Waals surface area contributed by atoms with E-state index in [1.807, 2.05) is 6.92 Å². The van der Waals surface area contributed by atoms with Crippen LogP contribution in [-0.2, 0) is 26.1 Å². The molecule has 2 aromatic heterocycles. The Morgan fingerprint density at radius 1 is 1.19 bits per heavy atom. The molecule has 1 aliphatic heterocycles. The van der Waals surface area contributed by atoms with Gasteiger partial charge < -0.3 is 15.2 Å². The lowest BCUT2D eigenvalue weighted by Crippen LogP contribution is -2.36. The second-order valence-corrected chi connectivity index (χ2v) is 7.58. The van der Waals surface area contributed by atoms with Crippen LogP contribution in [0.3, 0.4) is 0 Å². The van der Waals surface area contributed by atoms with Crippen LogP contribution < -0.4 is 10.6 Å². The first-order chi connectivity index (χ1) is 12.2. The number of hydrogen-bond acceptors (Lipinski definition) is 5. The molecular weight excluding hydrogens is 461 g/mol. The van der Waals surface area contributed by atoms with Crippen molar-refractivity contribution < 1.29 is 0 Å². The van der Waals surface area contributed by atoms with Gasteiger partial charge in [-0.1, -0.05) is 6.42 Å². The Balaban J connectivity index is 0.00000243. The molecule has 0 saturated heterocycles. The molecule has 0 aliphatic carbocycles. The Morgan fingerprint density at radius 2 is 2.04 bits per heavy atom. The fourth-order valence-electron chi connectivity index (χ4n) is 2.93. The monoisotopic (exact) mass is 489 g/mol. The molecule has 0 aromatic carbocycles. The molecule has 1 aliphatic rings. The Labute approximate surface area is 176 Å². The summed E-state index contributed by atoms with van der Waals surface area (Å²) in [5.74, 6) is 2.85. The number of fused-ring (bicyclic) bond motifs is 1. The Kier molecular flexibility index (Phi) is 8.26. The quantitative estimate of drug-likeness (QED) is 0.384. The van der Waals surface area contributed by atoms with Crippen molar-refractivity contribution in [3.8, 4) is 0 Å². The van der Waals surface area contributed by atoms with E-state index in [4.69, 9.17) is 0 Å². The Bertz CT molecular complexity index is 718. The molecule has 7 nitrogen and oxygen atoms in total. The zero-order chi connectivity index (χ0) is 17.6. The third-order valence-corrected chi connectivity index (χ3v) is 5.46. The maximum Gasteiger partial charge on any atom is 0.192 e. The number of nitrogens with zero attached hydrogens (tertiary/aromatic N) is 5. The fraction of sp³-hybridized carbons (Fsp3) is 0.647. The lowest BCUT2D eigenvalue weighted by Gasteiger charge is -2.10. The summed E-state index contributed by atoms with van der Waals surface area (Å²) in [4.78, 5) is 10.5. The zero-order valence-corrected chi connectivity index (χ0v) is 18.9. The maximum absolute atomic E-state index is 4.69. The first-order valence-corrected chi connectivity index (χ1v) is 9.85. The van der Waals surface area contributed by atoms with E-state index in [1.165, 1.54) is 24.1 Å². The van der Waals surface area contributed by atoms with Gasteiger partial charge in [0.25, 0.3) is 0 Å². The molecule has 0 radical (unpaired) electrons. The van der Waals surface area contributed by atoms with Gasteiger partial charge in [0.15, 0.2) is 11.8 Å². The van der Waals surface area contributed by atoms with Gasteiger partial charge in [0, 0.05) is 24.4 Å². The number of aromatic nitrogens is 4. The number of rotatable bonds is 5. The summed E-state index contributed by atoms with van der Waals surface area (Å²) in [7, 11) is 0. The van der Waals surface area contributed by atoms with Gasteiger partial charge in [0.05, 0.1) is 12.2 Å². The van der Waals surface area contributed by atoms with Crippen LogP contribution in [0.15, 0.2) is 4.99 Å². The van der Waals surface area contributed by atoms with Gasteiger partial charge in [0.1, 0.15) is 17.4 Å². The van der Waals surface area contributed by atoms with Crippen molar-refractivity contribution in [2.24, 2.45) is 4.99 Å². The highest BCUT2D eigenvalue weighted by atomic mass is 127. The normalized spacial score (nSPS) is 14.3. The summed E-state index contributed by atoms with van der Waals surface area (Å²) >= 11 is 1.73. The summed E-state index contributed by atoms with van der Waals surface area (Å²) in [6, 6.07) is 0. The van der Waals surface area contributed by atoms with Gasteiger partial charge in [-0.15, -0.1) is 45.5 Å². The van der Waals surface area contributed by atoms with E-state index in [9.17, 15) is 0 Å². The summed E-state index contributed by atoms with van der Waals surface area (Å²) < 4.78 is 2.24. The van der Waals surface area contributed by atoms with Crippen LogP contribution in [0.5, 0.6) is 0 Å². The fourth-order valence-corrected chi connectivity index (χ4v) is 3.80. The van der Waals surface area contributed by atoms with Crippen LogP contribution in [0, 0.1) is 13.8 Å². The van der Waals surface area contributed by atoms with E-state index in [1.54, 1.807) is 11.3 Å². The molecule has 2 N–H and O–H groups in total. The number of nitrogens with one attached hydrogen (secondary N) is 2. The average Bonchev–Trinajstić information content (AvgIpc) is 3.03. The second-order valence-electron chi connectivity index (χ2n) is 6.29. The first kappa shape index (κ1) is 21.1. The average molecular weight is 489 g/mol. The molecule has 144 valence electrons. The third-order valence-electron chi connectivity index (χ3n) is 4.39. The minimum Gasteiger partial charge on any atom is -0.357 e. The van der Waals surface area contributed by atoms with Gasteiger partial charge in [-0.2, -0.15) is 0 Å². The van der Waals surface area contributed by atoms with E-state index < -0.39 is 0 Å². The molecule has 3 heterocycles. The van der Waals surface area contributed by atoms with E-state index in [2.05, 4.69) is 49.2 Å². The van der Waals surface area contributed by atoms with Gasteiger partial charge in [-0.25, -0.2) is 9.98 Å². The molecular formula is C17H28IN7S. The zero-order valence-electron chi connectivity index (χ0n) is 15.7. The van der Waals surface area contributed by atoms with Gasteiger partial charge in [0.2, 0.25) is 0 Å². The standard InChI is InChI=1S/C17H27N7S.HI/c1-4-18-17(20-11-16-21-12(2)13(3)25-16)19-10-15-23-22-14-8-6-5-7-9-24(14)15;/h4-11H2,1-3H3,(H2,18,19,20);1H. The van der Waals surface area contributed by atoms with Crippen molar-refractivity contribution in [2.45, 2.75) is 66.1 Å². The number of halogens is 1. The van der Waals surface area contributed by atoms with Crippen molar-refractivity contribution in [1.29, 1.82) is 0 Å². The smallest absolute Gasteiger partial charge is 0.192 e. The number of guanidine groups is 1. The lowest BCUT2D eigenvalue weighted by atomic mass is 10.2. The highest BCUT2D eigenvalue weighted by Gasteiger charge is 2.14. The van der Waals surface area contributed by atoms with Crippen LogP contribution in [-0.4, -0.2) is 32.3 Å². The predicted molar refractivity (Wildman–Crippen MR) is 116 cm³/mol. The molecule has 0 bridgehead atoms. The minimum atomic E-state index is 0. The summed E-state index contributed by atoms with van der Waals surface area (Å²) in [5.41, 5.74) is 1.11. The molecule has 2 aromatic rings. The van der Waals surface area contributed by atoms with Crippen LogP contribution in [0.25, 0.3) is 0 Å². The Hall–Kier alpha value is -1.23. The van der Waals surface area contributed by atoms with E-state index >= 15 is 0 Å². The third kappa shape index (κ3) is 5.38. The highest BCUT2D eigenvalue weighted by Crippen LogP contribution is 2.16. The van der Waals surface area contributed by atoms with E-state index in [0.717, 1.165) is 47.8 Å². The number of aliphatic imine (C=N–C) groups is 1. The van der Waals surface area contributed by atoms with Crippen molar-refractivity contribution in [3.05, 3.63) is 27.2 Å². The lowest BCUT2D eigenvalue weighted by molar-refractivity contribution is 0.605. The second kappa shape index (κ2) is 10.2. The van der Waals surface area contributed by atoms with Crippen molar-refractivity contribution in [2.75, 3.05) is 6.54 Å². The summed E-state index contributed by atoms with van der Waals surface area (Å²) in [5, 5.41) is 16.4. The van der Waals surface area contributed by atoms with E-state index in [-0.39, 0.29) is 24.0 Å². The van der Waals surface area contributed by atoms with E-state index in [0.29, 0.717) is 13.1 Å². The van der Waals surface area contributed by atoms with Gasteiger partial charge in [-0.3, -0.25) is 0 Å². The highest BCUT2D eigenvalue weighted by molar-refractivity contribution is 14.0. The molecule has 0 atom stereocenters. The maximum atomic E-state index is 4.69. The van der Waals surface area contributed by atoms with Crippen LogP contribution in [0.4, 0.5) is 0 Å². The van der Waals surface area contributed by atoms with Crippen molar-refractivity contribution >= 4 is 41.3 Å². The molecule has 9 heteroatoms. The number of hydrogen-bond donors (Lipinski definition) is 2. The van der Waals surface area contributed by atoms with Gasteiger partial charge >= 0.3 is 0 Å². The largest absolute Gasteiger partial charge is 0.357 e. The Morgan fingerprint density at radius 3 is 2.77 bits per heavy atom. The molecule has 3 rings (SSSR count). The summed E-state index contributed by atoms with van der Waals surface area (Å²) in [6.07, 6.45) is 4.70.